The summed E-state index contributed by atoms with van der Waals surface area (Å²) in [7, 11) is -3.14. The highest BCUT2D eigenvalue weighted by Gasteiger charge is 2.32. The normalized spacial score (nSPS) is 22.4. The smallest absolute Gasteiger partial charge is 0.175 e. The van der Waals surface area contributed by atoms with Crippen molar-refractivity contribution in [2.45, 2.75) is 30.6 Å². The predicted molar refractivity (Wildman–Crippen MR) is 72.9 cm³/mol. The van der Waals surface area contributed by atoms with Crippen LogP contribution in [0.1, 0.15) is 13.8 Å². The van der Waals surface area contributed by atoms with Crippen LogP contribution in [0.2, 0.25) is 0 Å². The van der Waals surface area contributed by atoms with Crippen molar-refractivity contribution in [1.29, 1.82) is 0 Å². The zero-order valence-corrected chi connectivity index (χ0v) is 12.2. The van der Waals surface area contributed by atoms with E-state index < -0.39 is 15.6 Å². The molecule has 0 spiro atoms. The van der Waals surface area contributed by atoms with Gasteiger partial charge in [-0.2, -0.15) is 0 Å². The van der Waals surface area contributed by atoms with Crippen molar-refractivity contribution in [3.8, 4) is 0 Å². The van der Waals surface area contributed by atoms with Gasteiger partial charge in [0.2, 0.25) is 0 Å². The molecule has 19 heavy (non-hydrogen) atoms. The maximum atomic E-state index is 11.3. The summed E-state index contributed by atoms with van der Waals surface area (Å²) in [5.74, 6) is -0.521. The Hall–Kier alpha value is -1.11. The van der Waals surface area contributed by atoms with E-state index in [1.807, 2.05) is 13.8 Å². The van der Waals surface area contributed by atoms with Crippen molar-refractivity contribution in [1.82, 2.24) is 0 Å². The fourth-order valence-corrected chi connectivity index (χ4v) is 2.55. The number of sulfone groups is 1. The van der Waals surface area contributed by atoms with E-state index in [2.05, 4.69) is 5.32 Å². The van der Waals surface area contributed by atoms with Gasteiger partial charge < -0.3 is 14.8 Å². The molecule has 5 nitrogen and oxygen atoms in total. The van der Waals surface area contributed by atoms with Crippen LogP contribution in [0, 0.1) is 0 Å². The van der Waals surface area contributed by atoms with Crippen LogP contribution < -0.4 is 5.32 Å². The SMILES string of the molecule is CC1(C)OCC(CNc2ccc(S(C)(=O)=O)cc2)O1. The lowest BCUT2D eigenvalue weighted by molar-refractivity contribution is -0.136. The van der Waals surface area contributed by atoms with E-state index >= 15 is 0 Å². The molecular formula is C13H19NO4S. The Morgan fingerprint density at radius 3 is 2.42 bits per heavy atom. The van der Waals surface area contributed by atoms with Gasteiger partial charge in [0, 0.05) is 18.5 Å². The molecule has 1 saturated heterocycles. The molecule has 1 aromatic carbocycles. The second-order valence-electron chi connectivity index (χ2n) is 5.13. The molecule has 1 N–H and O–H groups in total. The average molecular weight is 285 g/mol. The van der Waals surface area contributed by atoms with Crippen molar-refractivity contribution in [3.05, 3.63) is 24.3 Å². The summed E-state index contributed by atoms with van der Waals surface area (Å²) < 4.78 is 33.8. The van der Waals surface area contributed by atoms with Crippen molar-refractivity contribution < 1.29 is 17.9 Å². The van der Waals surface area contributed by atoms with Gasteiger partial charge in [-0.15, -0.1) is 0 Å². The molecule has 1 heterocycles. The number of hydrogen-bond donors (Lipinski definition) is 1. The largest absolute Gasteiger partial charge is 0.382 e. The first-order valence-corrected chi connectivity index (χ1v) is 8.01. The fourth-order valence-electron chi connectivity index (χ4n) is 1.92. The molecule has 1 fully saturated rings. The van der Waals surface area contributed by atoms with Gasteiger partial charge in [0.25, 0.3) is 0 Å². The van der Waals surface area contributed by atoms with Crippen molar-refractivity contribution in [2.24, 2.45) is 0 Å². The first-order chi connectivity index (χ1) is 8.76. The lowest BCUT2D eigenvalue weighted by Crippen LogP contribution is -2.25. The summed E-state index contributed by atoms with van der Waals surface area (Å²) in [6.45, 7) is 4.95. The third kappa shape index (κ3) is 3.92. The Morgan fingerprint density at radius 2 is 1.95 bits per heavy atom. The van der Waals surface area contributed by atoms with Gasteiger partial charge in [-0.05, 0) is 38.1 Å². The Bertz CT molecular complexity index is 536. The third-order valence-corrected chi connectivity index (χ3v) is 4.01. The van der Waals surface area contributed by atoms with Crippen LogP contribution in [0.3, 0.4) is 0 Å². The second kappa shape index (κ2) is 5.11. The Kier molecular flexibility index (Phi) is 3.85. The van der Waals surface area contributed by atoms with E-state index in [9.17, 15) is 8.42 Å². The van der Waals surface area contributed by atoms with E-state index in [1.54, 1.807) is 24.3 Å². The topological polar surface area (TPSA) is 64.6 Å². The molecule has 0 amide bonds. The van der Waals surface area contributed by atoms with Crippen molar-refractivity contribution in [3.63, 3.8) is 0 Å². The van der Waals surface area contributed by atoms with Crippen molar-refractivity contribution >= 4 is 15.5 Å². The van der Waals surface area contributed by atoms with Gasteiger partial charge in [-0.3, -0.25) is 0 Å². The first-order valence-electron chi connectivity index (χ1n) is 6.12. The van der Waals surface area contributed by atoms with Crippen LogP contribution in [-0.2, 0) is 19.3 Å². The molecule has 1 aromatic rings. The highest BCUT2D eigenvalue weighted by Crippen LogP contribution is 2.22. The summed E-state index contributed by atoms with van der Waals surface area (Å²) in [6, 6.07) is 6.68. The number of benzene rings is 1. The highest BCUT2D eigenvalue weighted by molar-refractivity contribution is 7.90. The standard InChI is InChI=1S/C13H19NO4S/c1-13(2)17-9-11(18-13)8-14-10-4-6-12(7-5-10)19(3,15)16/h4-7,11,14H,8-9H2,1-3H3. The van der Waals surface area contributed by atoms with E-state index in [4.69, 9.17) is 9.47 Å². The van der Waals surface area contributed by atoms with Crippen LogP contribution in [0.25, 0.3) is 0 Å². The molecule has 2 rings (SSSR count). The molecule has 1 aliphatic rings. The van der Waals surface area contributed by atoms with Gasteiger partial charge in [0.1, 0.15) is 6.10 Å². The molecule has 106 valence electrons. The molecule has 0 aliphatic carbocycles. The van der Waals surface area contributed by atoms with Gasteiger partial charge in [-0.1, -0.05) is 0 Å². The van der Waals surface area contributed by atoms with Gasteiger partial charge in [-0.25, -0.2) is 8.42 Å². The summed E-state index contributed by atoms with van der Waals surface area (Å²) >= 11 is 0. The Labute approximate surface area is 113 Å². The molecule has 0 aromatic heterocycles. The molecule has 1 unspecified atom stereocenters. The maximum Gasteiger partial charge on any atom is 0.175 e. The zero-order valence-electron chi connectivity index (χ0n) is 11.3. The molecule has 1 atom stereocenters. The number of hydrogen-bond acceptors (Lipinski definition) is 5. The average Bonchev–Trinajstić information content (AvgIpc) is 2.66. The van der Waals surface area contributed by atoms with Crippen LogP contribution in [0.4, 0.5) is 5.69 Å². The second-order valence-corrected chi connectivity index (χ2v) is 7.14. The van der Waals surface area contributed by atoms with Gasteiger partial charge in [0.15, 0.2) is 15.6 Å². The quantitative estimate of drug-likeness (QED) is 0.911. The monoisotopic (exact) mass is 285 g/mol. The lowest BCUT2D eigenvalue weighted by Gasteiger charge is -2.17. The number of anilines is 1. The molecule has 0 bridgehead atoms. The highest BCUT2D eigenvalue weighted by atomic mass is 32.2. The Morgan fingerprint density at radius 1 is 1.32 bits per heavy atom. The van der Waals surface area contributed by atoms with Crippen LogP contribution in [0.5, 0.6) is 0 Å². The van der Waals surface area contributed by atoms with Crippen LogP contribution in [-0.4, -0.2) is 39.7 Å². The minimum Gasteiger partial charge on any atom is -0.382 e. The molecule has 0 radical (unpaired) electrons. The van der Waals surface area contributed by atoms with Crippen LogP contribution >= 0.6 is 0 Å². The summed E-state index contributed by atoms with van der Waals surface area (Å²) in [5.41, 5.74) is 0.862. The lowest BCUT2D eigenvalue weighted by atomic mass is 10.3. The van der Waals surface area contributed by atoms with Crippen molar-refractivity contribution in [2.75, 3.05) is 24.7 Å². The molecular weight excluding hydrogens is 266 g/mol. The van der Waals surface area contributed by atoms with Gasteiger partial charge >= 0.3 is 0 Å². The predicted octanol–water partition coefficient (Wildman–Crippen LogP) is 1.65. The minimum absolute atomic E-state index is 0.00424. The third-order valence-electron chi connectivity index (χ3n) is 2.88. The summed E-state index contributed by atoms with van der Waals surface area (Å²) in [6.07, 6.45) is 1.20. The summed E-state index contributed by atoms with van der Waals surface area (Å²) in [5, 5.41) is 3.20. The van der Waals surface area contributed by atoms with E-state index in [0.717, 1.165) is 5.69 Å². The number of ether oxygens (including phenoxy) is 2. The molecule has 0 saturated carbocycles. The fraction of sp³-hybridized carbons (Fsp3) is 0.538. The van der Waals surface area contributed by atoms with E-state index in [-0.39, 0.29) is 6.10 Å². The van der Waals surface area contributed by atoms with E-state index in [1.165, 1.54) is 6.26 Å². The van der Waals surface area contributed by atoms with Gasteiger partial charge in [0.05, 0.1) is 11.5 Å². The summed E-state index contributed by atoms with van der Waals surface area (Å²) in [4.78, 5) is 0.319. The molecule has 1 aliphatic heterocycles. The maximum absolute atomic E-state index is 11.3. The first kappa shape index (κ1) is 14.3. The zero-order chi connectivity index (χ0) is 14.1. The number of nitrogens with one attached hydrogen (secondary N) is 1. The minimum atomic E-state index is -3.14. The number of rotatable bonds is 4. The Balaban J connectivity index is 1.91. The van der Waals surface area contributed by atoms with Crippen LogP contribution in [0.15, 0.2) is 29.2 Å². The van der Waals surface area contributed by atoms with E-state index in [0.29, 0.717) is 18.0 Å². The molecule has 6 heteroatoms.